The van der Waals surface area contributed by atoms with E-state index in [0.717, 1.165) is 22.3 Å². The Bertz CT molecular complexity index is 1030. The minimum Gasteiger partial charge on any atom is -0.478 e. The van der Waals surface area contributed by atoms with Crippen molar-refractivity contribution < 1.29 is 27.1 Å². The van der Waals surface area contributed by atoms with Crippen molar-refractivity contribution in [2.24, 2.45) is 0 Å². The molecule has 0 aliphatic heterocycles. The van der Waals surface area contributed by atoms with E-state index in [0.29, 0.717) is 30.9 Å². The topological polar surface area (TPSA) is 87.0 Å². The Morgan fingerprint density at radius 1 is 1.13 bits per heavy atom. The number of para-hydroxylation sites is 1. The number of rotatable bonds is 11. The van der Waals surface area contributed by atoms with E-state index >= 15 is 0 Å². The fourth-order valence-electron chi connectivity index (χ4n) is 3.17. The number of nitrogens with one attached hydrogen (secondary N) is 1. The van der Waals surface area contributed by atoms with Crippen LogP contribution in [0.25, 0.3) is 11.0 Å². The van der Waals surface area contributed by atoms with Gasteiger partial charge in [-0.25, -0.2) is 13.7 Å². The molecule has 0 radical (unpaired) electrons. The number of benzene rings is 2. The third-order valence-electron chi connectivity index (χ3n) is 4.70. The van der Waals surface area contributed by atoms with Crippen molar-refractivity contribution in [3.63, 3.8) is 0 Å². The Labute approximate surface area is 184 Å². The Kier molecular flexibility index (Phi) is 8.22. The third kappa shape index (κ3) is 6.16. The molecule has 1 N–H and O–H groups in total. The lowest BCUT2D eigenvalue weighted by molar-refractivity contribution is -0.142. The molecule has 8 heteroatoms. The summed E-state index contributed by atoms with van der Waals surface area (Å²) in [5.41, 5.74) is 2.55. The van der Waals surface area contributed by atoms with Crippen molar-refractivity contribution in [3.05, 3.63) is 65.4 Å². The van der Waals surface area contributed by atoms with E-state index in [-0.39, 0.29) is 12.5 Å². The van der Waals surface area contributed by atoms with Gasteiger partial charge in [-0.05, 0) is 18.1 Å². The number of hydrogen-bond donors (Lipinski definition) is 1. The largest absolute Gasteiger partial charge is 0.478 e. The highest BCUT2D eigenvalue weighted by atomic mass is 32.2. The van der Waals surface area contributed by atoms with Crippen LogP contribution in [-0.4, -0.2) is 30.5 Å². The van der Waals surface area contributed by atoms with E-state index in [2.05, 4.69) is 9.46 Å². The molecule has 0 amide bonds. The van der Waals surface area contributed by atoms with Crippen LogP contribution in [0.3, 0.4) is 0 Å². The Morgan fingerprint density at radius 3 is 2.61 bits per heavy atom. The number of ether oxygens (including phenoxy) is 2. The molecule has 3 aromatic rings. The van der Waals surface area contributed by atoms with Gasteiger partial charge in [0.25, 0.3) is 0 Å². The van der Waals surface area contributed by atoms with Crippen LogP contribution in [0, 0.1) is 0 Å². The number of methoxy groups -OCH3 is 1. The van der Waals surface area contributed by atoms with Gasteiger partial charge in [0.2, 0.25) is 11.3 Å². The first-order chi connectivity index (χ1) is 15.0. The summed E-state index contributed by atoms with van der Waals surface area (Å²) in [6, 6.07) is 15.4. The monoisotopic (exact) mass is 445 g/mol. The summed E-state index contributed by atoms with van der Waals surface area (Å²) < 4.78 is 36.9. The van der Waals surface area contributed by atoms with E-state index in [9.17, 15) is 9.00 Å². The highest BCUT2D eigenvalue weighted by Gasteiger charge is 2.20. The molecule has 0 spiro atoms. The number of hydrogen-bond acceptors (Lipinski definition) is 6. The predicted molar refractivity (Wildman–Crippen MR) is 119 cm³/mol. The van der Waals surface area contributed by atoms with Crippen molar-refractivity contribution in [2.75, 3.05) is 20.3 Å². The van der Waals surface area contributed by atoms with Gasteiger partial charge in [-0.2, -0.15) is 0 Å². The van der Waals surface area contributed by atoms with Gasteiger partial charge >= 0.3 is 5.97 Å². The minimum absolute atomic E-state index is 0.102. The molecule has 1 aromatic heterocycles. The van der Waals surface area contributed by atoms with Crippen LogP contribution in [0.4, 0.5) is 0 Å². The first-order valence-corrected chi connectivity index (χ1v) is 11.1. The van der Waals surface area contributed by atoms with Gasteiger partial charge in [0.05, 0.1) is 13.7 Å². The Balaban J connectivity index is 1.68. The van der Waals surface area contributed by atoms with Crippen molar-refractivity contribution in [2.45, 2.75) is 32.7 Å². The van der Waals surface area contributed by atoms with E-state index in [1.165, 1.54) is 7.11 Å². The maximum Gasteiger partial charge on any atom is 0.343 e. The third-order valence-corrected chi connectivity index (χ3v) is 5.46. The summed E-state index contributed by atoms with van der Waals surface area (Å²) in [4.78, 5) is 11.4. The second kappa shape index (κ2) is 11.1. The molecule has 0 fully saturated rings. The molecule has 1 heterocycles. The highest BCUT2D eigenvalue weighted by Crippen LogP contribution is 2.36. The lowest BCUT2D eigenvalue weighted by Crippen LogP contribution is -2.20. The fourth-order valence-corrected chi connectivity index (χ4v) is 3.75. The van der Waals surface area contributed by atoms with Crippen molar-refractivity contribution in [3.8, 4) is 5.75 Å². The second-order valence-electron chi connectivity index (χ2n) is 7.21. The average Bonchev–Trinajstić information content (AvgIpc) is 3.16. The van der Waals surface area contributed by atoms with Gasteiger partial charge in [-0.3, -0.25) is 4.18 Å². The molecule has 0 bridgehead atoms. The molecule has 0 saturated heterocycles. The summed E-state index contributed by atoms with van der Waals surface area (Å²) >= 11 is -1.64. The van der Waals surface area contributed by atoms with Crippen molar-refractivity contribution in [1.82, 2.24) is 4.72 Å². The first-order valence-electron chi connectivity index (χ1n) is 10.1. The summed E-state index contributed by atoms with van der Waals surface area (Å²) in [5.74, 6) is 0.844. The Hall–Kier alpha value is -2.68. The Morgan fingerprint density at radius 2 is 1.90 bits per heavy atom. The smallest absolute Gasteiger partial charge is 0.343 e. The minimum atomic E-state index is -1.64. The number of fused-ring (bicyclic) bond motifs is 1. The lowest BCUT2D eigenvalue weighted by atomic mass is 10.0. The molecule has 2 aromatic carbocycles. The van der Waals surface area contributed by atoms with Crippen molar-refractivity contribution >= 4 is 28.2 Å². The van der Waals surface area contributed by atoms with E-state index in [1.807, 2.05) is 56.3 Å². The van der Waals surface area contributed by atoms with Crippen molar-refractivity contribution in [1.29, 1.82) is 0 Å². The first kappa shape index (κ1) is 23.0. The van der Waals surface area contributed by atoms with Crippen LogP contribution in [-0.2, 0) is 37.9 Å². The molecular weight excluding hydrogens is 418 g/mol. The molecule has 1 atom stereocenters. The predicted octanol–water partition coefficient (Wildman–Crippen LogP) is 4.04. The molecule has 1 unspecified atom stereocenters. The summed E-state index contributed by atoms with van der Waals surface area (Å²) in [6.45, 7) is 4.48. The van der Waals surface area contributed by atoms with Gasteiger partial charge in [-0.15, -0.1) is 0 Å². The maximum absolute atomic E-state index is 12.3. The lowest BCUT2D eigenvalue weighted by Gasteiger charge is -2.08. The van der Waals surface area contributed by atoms with Gasteiger partial charge < -0.3 is 13.9 Å². The number of carbonyl (C=O) groups excluding carboxylic acids is 1. The van der Waals surface area contributed by atoms with E-state index in [4.69, 9.17) is 13.3 Å². The fraction of sp³-hybridized carbons (Fsp3) is 0.348. The number of esters is 1. The molecule has 31 heavy (non-hydrogen) atoms. The zero-order valence-electron chi connectivity index (χ0n) is 17.9. The van der Waals surface area contributed by atoms with Crippen LogP contribution in [0.2, 0.25) is 0 Å². The SMILES string of the molecule is COC(=O)COc1cccc2c(CNS(=O)OCCc3ccccc3)c(C(C)C)oc12. The van der Waals surface area contributed by atoms with Crippen LogP contribution in [0.15, 0.2) is 52.9 Å². The number of carbonyl (C=O) groups is 1. The summed E-state index contributed by atoms with van der Waals surface area (Å²) in [6.07, 6.45) is 0.682. The molecule has 0 aliphatic rings. The molecule has 166 valence electrons. The molecule has 7 nitrogen and oxygen atoms in total. The zero-order valence-corrected chi connectivity index (χ0v) is 18.7. The van der Waals surface area contributed by atoms with Crippen LogP contribution < -0.4 is 9.46 Å². The standard InChI is InChI=1S/C23H27NO6S/c1-16(2)22-19(14-24-31(26)29-13-12-17-8-5-4-6-9-17)18-10-7-11-20(23(18)30-22)28-15-21(25)27-3/h4-11,16,24H,12-15H2,1-3H3. The summed E-state index contributed by atoms with van der Waals surface area (Å²) in [5, 5.41) is 0.833. The van der Waals surface area contributed by atoms with Gasteiger partial charge in [0.15, 0.2) is 17.9 Å². The van der Waals surface area contributed by atoms with E-state index in [1.54, 1.807) is 6.07 Å². The molecule has 0 saturated carbocycles. The average molecular weight is 446 g/mol. The van der Waals surface area contributed by atoms with Crippen LogP contribution >= 0.6 is 0 Å². The number of furan rings is 1. The van der Waals surface area contributed by atoms with Gasteiger partial charge in [-0.1, -0.05) is 56.3 Å². The molecule has 0 aliphatic carbocycles. The van der Waals surface area contributed by atoms with Crippen LogP contribution in [0.5, 0.6) is 5.75 Å². The normalized spacial score (nSPS) is 12.3. The maximum atomic E-state index is 12.3. The molecular formula is C23H27NO6S. The zero-order chi connectivity index (χ0) is 22.2. The summed E-state index contributed by atoms with van der Waals surface area (Å²) in [7, 11) is 1.31. The highest BCUT2D eigenvalue weighted by molar-refractivity contribution is 7.78. The van der Waals surface area contributed by atoms with E-state index < -0.39 is 17.2 Å². The van der Waals surface area contributed by atoms with Crippen LogP contribution in [0.1, 0.15) is 36.7 Å². The quantitative estimate of drug-likeness (QED) is 0.448. The van der Waals surface area contributed by atoms with Gasteiger partial charge in [0.1, 0.15) is 5.76 Å². The second-order valence-corrected chi connectivity index (χ2v) is 8.20. The molecule has 3 rings (SSSR count). The van der Waals surface area contributed by atoms with Gasteiger partial charge in [0, 0.05) is 23.4 Å².